The van der Waals surface area contributed by atoms with E-state index in [-0.39, 0.29) is 15.5 Å². The first-order valence-electron chi connectivity index (χ1n) is 8.89. The first-order chi connectivity index (χ1) is 13.6. The van der Waals surface area contributed by atoms with Crippen LogP contribution in [0.5, 0.6) is 0 Å². The Morgan fingerprint density at radius 3 is 2.31 bits per heavy atom. The molecule has 0 aliphatic carbocycles. The molecule has 0 aromatic heterocycles. The van der Waals surface area contributed by atoms with Crippen LogP contribution in [0.25, 0.3) is 0 Å². The number of hydrogen-bond acceptors (Lipinski definition) is 5. The second-order valence-electron chi connectivity index (χ2n) is 6.52. The molecular formula is C20H23ClN2O5S. The topological polar surface area (TPSA) is 92.8 Å². The van der Waals surface area contributed by atoms with E-state index < -0.39 is 28.0 Å². The van der Waals surface area contributed by atoms with Crippen molar-refractivity contribution in [2.75, 3.05) is 19.4 Å². The molecule has 2 aromatic carbocycles. The Morgan fingerprint density at radius 1 is 1.14 bits per heavy atom. The van der Waals surface area contributed by atoms with Gasteiger partial charge in [0.15, 0.2) is 6.10 Å². The average molecular weight is 439 g/mol. The molecular weight excluding hydrogens is 416 g/mol. The zero-order valence-electron chi connectivity index (χ0n) is 16.6. The molecule has 0 saturated heterocycles. The molecule has 29 heavy (non-hydrogen) atoms. The third-order valence-corrected chi connectivity index (χ3v) is 6.36. The zero-order chi connectivity index (χ0) is 21.8. The van der Waals surface area contributed by atoms with E-state index in [0.717, 1.165) is 22.4 Å². The lowest BCUT2D eigenvalue weighted by molar-refractivity contribution is -0.123. The molecule has 1 atom stereocenters. The smallest absolute Gasteiger partial charge is 0.340 e. The first-order valence-corrected chi connectivity index (χ1v) is 10.7. The molecule has 0 heterocycles. The van der Waals surface area contributed by atoms with Crippen molar-refractivity contribution in [3.63, 3.8) is 0 Å². The fourth-order valence-corrected chi connectivity index (χ4v) is 3.50. The van der Waals surface area contributed by atoms with Crippen molar-refractivity contribution in [3.05, 3.63) is 58.6 Å². The van der Waals surface area contributed by atoms with Crippen LogP contribution in [0.4, 0.5) is 5.69 Å². The van der Waals surface area contributed by atoms with E-state index >= 15 is 0 Å². The van der Waals surface area contributed by atoms with Gasteiger partial charge in [-0.25, -0.2) is 17.5 Å². The highest BCUT2D eigenvalue weighted by molar-refractivity contribution is 7.89. The molecule has 156 valence electrons. The van der Waals surface area contributed by atoms with E-state index in [2.05, 4.69) is 5.32 Å². The van der Waals surface area contributed by atoms with Crippen LogP contribution in [0.2, 0.25) is 5.02 Å². The zero-order valence-corrected chi connectivity index (χ0v) is 18.2. The molecule has 1 unspecified atom stereocenters. The molecule has 0 fully saturated rings. The Balaban J connectivity index is 2.13. The average Bonchev–Trinajstić information content (AvgIpc) is 2.68. The minimum absolute atomic E-state index is 0.0236. The highest BCUT2D eigenvalue weighted by Gasteiger charge is 2.24. The second-order valence-corrected chi connectivity index (χ2v) is 9.08. The van der Waals surface area contributed by atoms with Gasteiger partial charge in [-0.15, -0.1) is 0 Å². The van der Waals surface area contributed by atoms with Crippen molar-refractivity contribution in [1.82, 2.24) is 4.31 Å². The molecule has 1 N–H and O–H groups in total. The minimum atomic E-state index is -3.75. The van der Waals surface area contributed by atoms with Crippen LogP contribution >= 0.6 is 11.6 Å². The number of aryl methyl sites for hydroxylation is 1. The number of carbonyl (C=O) groups is 2. The number of rotatable bonds is 7. The molecule has 9 heteroatoms. The van der Waals surface area contributed by atoms with Crippen LogP contribution in [0.1, 0.15) is 29.8 Å². The number of nitrogens with zero attached hydrogens (tertiary/aromatic N) is 1. The summed E-state index contributed by atoms with van der Waals surface area (Å²) in [6, 6.07) is 11.0. The highest BCUT2D eigenvalue weighted by atomic mass is 35.5. The molecule has 0 aliphatic rings. The van der Waals surface area contributed by atoms with Gasteiger partial charge in [0.1, 0.15) is 0 Å². The summed E-state index contributed by atoms with van der Waals surface area (Å²) in [7, 11) is -1.00. The third-order valence-electron chi connectivity index (χ3n) is 4.22. The van der Waals surface area contributed by atoms with Gasteiger partial charge in [0.2, 0.25) is 10.0 Å². The van der Waals surface area contributed by atoms with Crippen LogP contribution in [0.3, 0.4) is 0 Å². The first kappa shape index (κ1) is 22.9. The lowest BCUT2D eigenvalue weighted by Crippen LogP contribution is -2.30. The monoisotopic (exact) mass is 438 g/mol. The number of ether oxygens (including phenoxy) is 1. The Morgan fingerprint density at radius 2 is 1.76 bits per heavy atom. The molecule has 0 saturated carbocycles. The van der Waals surface area contributed by atoms with Gasteiger partial charge in [0.05, 0.1) is 15.5 Å². The van der Waals surface area contributed by atoms with E-state index in [4.69, 9.17) is 16.3 Å². The van der Waals surface area contributed by atoms with Crippen molar-refractivity contribution in [2.24, 2.45) is 0 Å². The van der Waals surface area contributed by atoms with Gasteiger partial charge in [-0.2, -0.15) is 0 Å². The lowest BCUT2D eigenvalue weighted by atomic mass is 10.1. The van der Waals surface area contributed by atoms with E-state index in [1.165, 1.54) is 33.2 Å². The van der Waals surface area contributed by atoms with Gasteiger partial charge in [0, 0.05) is 19.8 Å². The molecule has 0 bridgehead atoms. The van der Waals surface area contributed by atoms with E-state index in [9.17, 15) is 18.0 Å². The summed E-state index contributed by atoms with van der Waals surface area (Å²) >= 11 is 6.03. The van der Waals surface area contributed by atoms with Gasteiger partial charge in [-0.05, 0) is 49.2 Å². The summed E-state index contributed by atoms with van der Waals surface area (Å²) in [5, 5.41) is 2.69. The summed E-state index contributed by atoms with van der Waals surface area (Å²) in [6.45, 7) is 3.45. The Bertz CT molecular complexity index is 1000. The molecule has 7 nitrogen and oxygen atoms in total. The van der Waals surface area contributed by atoms with Crippen LogP contribution in [-0.4, -0.2) is 44.8 Å². The predicted octanol–water partition coefficient (Wildman–Crippen LogP) is 3.34. The maximum Gasteiger partial charge on any atom is 0.340 e. The lowest BCUT2D eigenvalue weighted by Gasteiger charge is -2.16. The summed E-state index contributed by atoms with van der Waals surface area (Å²) < 4.78 is 30.7. The van der Waals surface area contributed by atoms with Crippen molar-refractivity contribution >= 4 is 39.2 Å². The number of amides is 1. The number of benzene rings is 2. The van der Waals surface area contributed by atoms with E-state index in [1.54, 1.807) is 12.1 Å². The number of nitrogens with one attached hydrogen (secondary N) is 1. The van der Waals surface area contributed by atoms with Crippen LogP contribution in [-0.2, 0) is 26.0 Å². The van der Waals surface area contributed by atoms with Crippen molar-refractivity contribution in [2.45, 2.75) is 31.3 Å². The maximum absolute atomic E-state index is 12.5. The molecule has 0 spiro atoms. The summed E-state index contributed by atoms with van der Waals surface area (Å²) in [5.41, 5.74) is 1.57. The van der Waals surface area contributed by atoms with Gasteiger partial charge in [-0.3, -0.25) is 4.79 Å². The van der Waals surface area contributed by atoms with E-state index in [1.807, 2.05) is 19.1 Å². The molecule has 2 aromatic rings. The number of carbonyl (C=O) groups excluding carboxylic acids is 2. The molecule has 1 amide bonds. The quantitative estimate of drug-likeness (QED) is 0.669. The van der Waals surface area contributed by atoms with E-state index in [0.29, 0.717) is 5.69 Å². The van der Waals surface area contributed by atoms with Crippen molar-refractivity contribution in [3.8, 4) is 0 Å². The maximum atomic E-state index is 12.5. The second kappa shape index (κ2) is 9.39. The van der Waals surface area contributed by atoms with Crippen LogP contribution in [0.15, 0.2) is 47.4 Å². The number of halogens is 1. The summed E-state index contributed by atoms with van der Waals surface area (Å²) in [5.74, 6) is -1.41. The standard InChI is InChI=1S/C20H23ClN2O5S/c1-5-14-6-8-15(9-7-14)22-19(24)13(2)28-20(25)17-12-16(10-11-18(17)21)29(26,27)23(3)4/h6-13H,5H2,1-4H3,(H,22,24). The van der Waals surface area contributed by atoms with Gasteiger partial charge >= 0.3 is 5.97 Å². The molecule has 0 aliphatic heterocycles. The van der Waals surface area contributed by atoms with Crippen molar-refractivity contribution < 1.29 is 22.7 Å². The minimum Gasteiger partial charge on any atom is -0.449 e. The fraction of sp³-hybridized carbons (Fsp3) is 0.300. The Hall–Kier alpha value is -2.42. The number of hydrogen-bond donors (Lipinski definition) is 1. The predicted molar refractivity (Wildman–Crippen MR) is 112 cm³/mol. The van der Waals surface area contributed by atoms with Crippen molar-refractivity contribution in [1.29, 1.82) is 0 Å². The summed E-state index contributed by atoms with van der Waals surface area (Å²) in [6.07, 6.45) is -0.232. The normalized spacial score (nSPS) is 12.5. The largest absolute Gasteiger partial charge is 0.449 e. The molecule has 0 radical (unpaired) electrons. The van der Waals surface area contributed by atoms with Gasteiger partial charge in [-0.1, -0.05) is 30.7 Å². The van der Waals surface area contributed by atoms with Gasteiger partial charge in [0.25, 0.3) is 5.91 Å². The summed E-state index contributed by atoms with van der Waals surface area (Å²) in [4.78, 5) is 24.7. The van der Waals surface area contributed by atoms with Gasteiger partial charge < -0.3 is 10.1 Å². The highest BCUT2D eigenvalue weighted by Crippen LogP contribution is 2.23. The third kappa shape index (κ3) is 5.56. The van der Waals surface area contributed by atoms with Crippen LogP contribution < -0.4 is 5.32 Å². The number of sulfonamides is 1. The van der Waals surface area contributed by atoms with Crippen LogP contribution in [0, 0.1) is 0 Å². The number of esters is 1. The SMILES string of the molecule is CCc1ccc(NC(=O)C(C)OC(=O)c2cc(S(=O)(=O)N(C)C)ccc2Cl)cc1. The Labute approximate surface area is 175 Å². The number of anilines is 1. The fourth-order valence-electron chi connectivity index (χ4n) is 2.38. The molecule has 2 rings (SSSR count). The Kier molecular flexibility index (Phi) is 7.40.